The van der Waals surface area contributed by atoms with E-state index in [0.717, 1.165) is 16.7 Å². The van der Waals surface area contributed by atoms with Crippen LogP contribution >= 0.6 is 0 Å². The van der Waals surface area contributed by atoms with Gasteiger partial charge in [0.1, 0.15) is 5.75 Å². The minimum absolute atomic E-state index is 0.291. The normalized spacial score (nSPS) is 16.2. The second-order valence-corrected chi connectivity index (χ2v) is 7.72. The van der Waals surface area contributed by atoms with Crippen molar-refractivity contribution in [2.45, 2.75) is 18.8 Å². The topological polar surface area (TPSA) is 23.5 Å². The van der Waals surface area contributed by atoms with Crippen molar-refractivity contribution in [3.63, 3.8) is 0 Å². The molecule has 4 rings (SSSR count). The Labute approximate surface area is 167 Å². The molecule has 0 aromatic heterocycles. The van der Waals surface area contributed by atoms with Crippen LogP contribution in [0, 0.1) is 0 Å². The van der Waals surface area contributed by atoms with Gasteiger partial charge in [0.05, 0.1) is 0 Å². The molecule has 2 heteroatoms. The van der Waals surface area contributed by atoms with Gasteiger partial charge in [-0.3, -0.25) is 0 Å². The first kappa shape index (κ1) is 18.5. The maximum absolute atomic E-state index is 9.98. The summed E-state index contributed by atoms with van der Waals surface area (Å²) in [6.45, 7) is 2.35. The van der Waals surface area contributed by atoms with Crippen molar-refractivity contribution in [2.75, 3.05) is 20.1 Å². The van der Waals surface area contributed by atoms with Crippen LogP contribution in [0.1, 0.15) is 41.0 Å². The van der Waals surface area contributed by atoms with Crippen molar-refractivity contribution in [1.82, 2.24) is 4.90 Å². The number of likely N-dealkylation sites (tertiary alicyclic amines) is 1. The Balaban J connectivity index is 1.68. The van der Waals surface area contributed by atoms with Gasteiger partial charge in [0.25, 0.3) is 0 Å². The minimum Gasteiger partial charge on any atom is -0.508 e. The van der Waals surface area contributed by atoms with Gasteiger partial charge in [-0.2, -0.15) is 0 Å². The fraction of sp³-hybridized carbons (Fsp3) is 0.231. The minimum atomic E-state index is 0.291. The number of aromatic hydroxyl groups is 1. The van der Waals surface area contributed by atoms with Crippen LogP contribution in [0.5, 0.6) is 5.75 Å². The van der Waals surface area contributed by atoms with E-state index in [1.54, 1.807) is 6.07 Å². The van der Waals surface area contributed by atoms with Gasteiger partial charge in [0.2, 0.25) is 0 Å². The van der Waals surface area contributed by atoms with E-state index in [9.17, 15) is 5.11 Å². The highest BCUT2D eigenvalue weighted by Gasteiger charge is 2.18. The Morgan fingerprint density at radius 2 is 1.57 bits per heavy atom. The van der Waals surface area contributed by atoms with Crippen molar-refractivity contribution in [3.8, 4) is 5.75 Å². The van der Waals surface area contributed by atoms with Crippen LogP contribution in [-0.4, -0.2) is 30.1 Å². The average Bonchev–Trinajstić information content (AvgIpc) is 2.74. The summed E-state index contributed by atoms with van der Waals surface area (Å²) in [6.07, 6.45) is 4.66. The Hall–Kier alpha value is -2.84. The first-order valence-corrected chi connectivity index (χ1v) is 10.0. The monoisotopic (exact) mass is 369 g/mol. The van der Waals surface area contributed by atoms with Crippen molar-refractivity contribution in [3.05, 3.63) is 101 Å². The third-order valence-corrected chi connectivity index (χ3v) is 5.68. The molecule has 142 valence electrons. The summed E-state index contributed by atoms with van der Waals surface area (Å²) in [5.74, 6) is 0.951. The van der Waals surface area contributed by atoms with E-state index in [1.165, 1.54) is 37.1 Å². The number of piperidine rings is 1. The molecule has 1 N–H and O–H groups in total. The van der Waals surface area contributed by atoms with E-state index in [2.05, 4.69) is 72.6 Å². The summed E-state index contributed by atoms with van der Waals surface area (Å²) < 4.78 is 0. The lowest BCUT2D eigenvalue weighted by molar-refractivity contribution is 0.255. The summed E-state index contributed by atoms with van der Waals surface area (Å²) in [5, 5.41) is 9.98. The number of nitrogens with zero attached hydrogens (tertiary/aromatic N) is 1. The second-order valence-electron chi connectivity index (χ2n) is 7.72. The zero-order valence-electron chi connectivity index (χ0n) is 16.4. The Morgan fingerprint density at radius 1 is 0.857 bits per heavy atom. The fourth-order valence-corrected chi connectivity index (χ4v) is 4.00. The highest BCUT2D eigenvalue weighted by Crippen LogP contribution is 2.32. The average molecular weight is 370 g/mol. The molecular weight excluding hydrogens is 342 g/mol. The van der Waals surface area contributed by atoms with E-state index in [0.29, 0.717) is 11.7 Å². The molecule has 0 atom stereocenters. The first-order valence-electron chi connectivity index (χ1n) is 10.0. The van der Waals surface area contributed by atoms with E-state index in [1.807, 2.05) is 18.2 Å². The Bertz CT molecular complexity index is 936. The molecule has 3 aromatic rings. The van der Waals surface area contributed by atoms with E-state index in [-0.39, 0.29) is 0 Å². The van der Waals surface area contributed by atoms with Crippen molar-refractivity contribution >= 4 is 11.6 Å². The quantitative estimate of drug-likeness (QED) is 0.588. The van der Waals surface area contributed by atoms with Crippen LogP contribution in [0.4, 0.5) is 0 Å². The van der Waals surface area contributed by atoms with E-state index in [4.69, 9.17) is 0 Å². The molecule has 1 fully saturated rings. The van der Waals surface area contributed by atoms with Crippen molar-refractivity contribution < 1.29 is 5.11 Å². The third kappa shape index (κ3) is 4.35. The molecule has 1 saturated heterocycles. The standard InChI is InChI=1S/C26H27NO/c1-27-16-14-22(15-17-27)21-10-12-23(13-11-21)26(18-20-6-3-2-4-7-20)24-8-5-9-25(28)19-24/h2-13,18-19,22,28H,14-17H2,1H3/b26-18+. The predicted molar refractivity (Wildman–Crippen MR) is 117 cm³/mol. The molecule has 0 saturated carbocycles. The van der Waals surface area contributed by atoms with Crippen LogP contribution in [0.2, 0.25) is 0 Å². The smallest absolute Gasteiger partial charge is 0.116 e. The molecule has 0 aliphatic carbocycles. The van der Waals surface area contributed by atoms with Crippen molar-refractivity contribution in [2.24, 2.45) is 0 Å². The van der Waals surface area contributed by atoms with Crippen molar-refractivity contribution in [1.29, 1.82) is 0 Å². The maximum atomic E-state index is 9.98. The fourth-order valence-electron chi connectivity index (χ4n) is 4.00. The van der Waals surface area contributed by atoms with Crippen LogP contribution in [0.3, 0.4) is 0 Å². The molecule has 2 nitrogen and oxygen atoms in total. The molecule has 0 spiro atoms. The van der Waals surface area contributed by atoms with Gasteiger partial charge in [-0.15, -0.1) is 0 Å². The summed E-state index contributed by atoms with van der Waals surface area (Å²) in [5.41, 5.74) is 5.91. The number of phenols is 1. The van der Waals surface area contributed by atoms with Gasteiger partial charge in [0, 0.05) is 0 Å². The van der Waals surface area contributed by atoms with Gasteiger partial charge in [-0.05, 0) is 84.9 Å². The molecule has 0 radical (unpaired) electrons. The summed E-state index contributed by atoms with van der Waals surface area (Å²) >= 11 is 0. The third-order valence-electron chi connectivity index (χ3n) is 5.68. The van der Waals surface area contributed by atoms with E-state index < -0.39 is 0 Å². The zero-order chi connectivity index (χ0) is 19.3. The first-order chi connectivity index (χ1) is 13.7. The predicted octanol–water partition coefficient (Wildman–Crippen LogP) is 5.79. The Kier molecular flexibility index (Phi) is 5.59. The zero-order valence-corrected chi connectivity index (χ0v) is 16.4. The molecule has 1 heterocycles. The summed E-state index contributed by atoms with van der Waals surface area (Å²) in [7, 11) is 2.20. The second kappa shape index (κ2) is 8.45. The SMILES string of the molecule is CN1CCC(c2ccc(/C(=C\c3ccccc3)c3cccc(O)c3)cc2)CC1. The van der Waals surface area contributed by atoms with Gasteiger partial charge < -0.3 is 10.0 Å². The molecule has 0 unspecified atom stereocenters. The lowest BCUT2D eigenvalue weighted by atomic mass is 9.87. The molecule has 1 aliphatic heterocycles. The number of hydrogen-bond donors (Lipinski definition) is 1. The highest BCUT2D eigenvalue weighted by atomic mass is 16.3. The number of benzene rings is 3. The van der Waals surface area contributed by atoms with Gasteiger partial charge in [0.15, 0.2) is 0 Å². The van der Waals surface area contributed by atoms with E-state index >= 15 is 0 Å². The molecular formula is C26H27NO. The van der Waals surface area contributed by atoms with Gasteiger partial charge >= 0.3 is 0 Å². The van der Waals surface area contributed by atoms with Crippen LogP contribution < -0.4 is 0 Å². The van der Waals surface area contributed by atoms with Crippen LogP contribution in [-0.2, 0) is 0 Å². The number of hydrogen-bond acceptors (Lipinski definition) is 2. The van der Waals surface area contributed by atoms with Crippen LogP contribution in [0.25, 0.3) is 11.6 Å². The molecule has 0 bridgehead atoms. The molecule has 28 heavy (non-hydrogen) atoms. The number of rotatable bonds is 4. The largest absolute Gasteiger partial charge is 0.508 e. The molecule has 0 amide bonds. The van der Waals surface area contributed by atoms with Gasteiger partial charge in [-0.1, -0.05) is 66.7 Å². The maximum Gasteiger partial charge on any atom is 0.116 e. The number of phenolic OH excluding ortho intramolecular Hbond substituents is 1. The molecule has 1 aliphatic rings. The lowest BCUT2D eigenvalue weighted by Gasteiger charge is -2.29. The van der Waals surface area contributed by atoms with Gasteiger partial charge in [-0.25, -0.2) is 0 Å². The summed E-state index contributed by atoms with van der Waals surface area (Å²) in [6, 6.07) is 26.9. The summed E-state index contributed by atoms with van der Waals surface area (Å²) in [4.78, 5) is 2.41. The van der Waals surface area contributed by atoms with Crippen LogP contribution in [0.15, 0.2) is 78.9 Å². The lowest BCUT2D eigenvalue weighted by Crippen LogP contribution is -2.29. The Morgan fingerprint density at radius 3 is 2.25 bits per heavy atom. The highest BCUT2D eigenvalue weighted by molar-refractivity contribution is 5.91. The molecule has 3 aromatic carbocycles.